The van der Waals surface area contributed by atoms with Crippen LogP contribution in [0, 0.1) is 3.57 Å². The molecular formula is C12H13IN4O2. The second-order valence-corrected chi connectivity index (χ2v) is 4.88. The van der Waals surface area contributed by atoms with E-state index in [4.69, 9.17) is 15.2 Å². The van der Waals surface area contributed by atoms with Crippen molar-refractivity contribution < 1.29 is 9.47 Å². The third kappa shape index (κ3) is 3.22. The van der Waals surface area contributed by atoms with E-state index in [1.807, 2.05) is 18.2 Å². The topological polar surface area (TPSA) is 83.2 Å². The number of anilines is 1. The molecular weight excluding hydrogens is 359 g/mol. The average Bonchev–Trinajstić information content (AvgIpc) is 2.43. The van der Waals surface area contributed by atoms with E-state index in [-0.39, 0.29) is 12.0 Å². The molecule has 1 aromatic carbocycles. The number of para-hydroxylation sites is 1. The molecule has 1 heterocycles. The fourth-order valence-electron chi connectivity index (χ4n) is 1.55. The third-order valence-corrected chi connectivity index (χ3v) is 3.44. The van der Waals surface area contributed by atoms with Crippen molar-refractivity contribution in [3.63, 3.8) is 0 Å². The Bertz CT molecular complexity index is 570. The maximum Gasteiger partial charge on any atom is 0.322 e. The summed E-state index contributed by atoms with van der Waals surface area (Å²) in [6.45, 7) is 0. The summed E-state index contributed by atoms with van der Waals surface area (Å²) in [7, 11) is 3.00. The van der Waals surface area contributed by atoms with Crippen molar-refractivity contribution >= 4 is 28.3 Å². The van der Waals surface area contributed by atoms with Crippen LogP contribution in [-0.2, 0) is 6.42 Å². The van der Waals surface area contributed by atoms with E-state index in [0.29, 0.717) is 12.2 Å². The Balaban J connectivity index is 2.34. The lowest BCUT2D eigenvalue weighted by atomic mass is 10.1. The second kappa shape index (κ2) is 6.00. The fourth-order valence-corrected chi connectivity index (χ4v) is 2.10. The average molecular weight is 372 g/mol. The SMILES string of the molecule is COc1nc(Cc2cccc(I)c2N)nc(OC)n1. The molecule has 0 spiro atoms. The van der Waals surface area contributed by atoms with E-state index in [2.05, 4.69) is 37.5 Å². The van der Waals surface area contributed by atoms with Crippen LogP contribution in [-0.4, -0.2) is 29.2 Å². The highest BCUT2D eigenvalue weighted by molar-refractivity contribution is 14.1. The van der Waals surface area contributed by atoms with Gasteiger partial charge in [-0.25, -0.2) is 0 Å². The van der Waals surface area contributed by atoms with Crippen molar-refractivity contribution in [2.75, 3.05) is 20.0 Å². The van der Waals surface area contributed by atoms with Gasteiger partial charge in [0.05, 0.1) is 14.2 Å². The van der Waals surface area contributed by atoms with Crippen molar-refractivity contribution in [1.29, 1.82) is 0 Å². The quantitative estimate of drug-likeness (QED) is 0.650. The van der Waals surface area contributed by atoms with Gasteiger partial charge in [-0.1, -0.05) is 12.1 Å². The largest absolute Gasteiger partial charge is 0.467 e. The minimum Gasteiger partial charge on any atom is -0.467 e. The van der Waals surface area contributed by atoms with E-state index >= 15 is 0 Å². The zero-order valence-electron chi connectivity index (χ0n) is 10.6. The molecule has 2 rings (SSSR count). The first-order chi connectivity index (χ1) is 9.13. The number of ether oxygens (including phenoxy) is 2. The fraction of sp³-hybridized carbons (Fsp3) is 0.250. The molecule has 0 unspecified atom stereocenters. The van der Waals surface area contributed by atoms with Crippen molar-refractivity contribution in [3.8, 4) is 12.0 Å². The third-order valence-electron chi connectivity index (χ3n) is 2.50. The monoisotopic (exact) mass is 372 g/mol. The highest BCUT2D eigenvalue weighted by atomic mass is 127. The van der Waals surface area contributed by atoms with Crippen LogP contribution in [0.15, 0.2) is 18.2 Å². The van der Waals surface area contributed by atoms with E-state index in [1.54, 1.807) is 0 Å². The highest BCUT2D eigenvalue weighted by Gasteiger charge is 2.10. The maximum absolute atomic E-state index is 6.03. The molecule has 19 heavy (non-hydrogen) atoms. The predicted molar refractivity (Wildman–Crippen MR) is 79.3 cm³/mol. The normalized spacial score (nSPS) is 10.3. The zero-order valence-corrected chi connectivity index (χ0v) is 12.7. The number of aromatic nitrogens is 3. The van der Waals surface area contributed by atoms with E-state index in [9.17, 15) is 0 Å². The summed E-state index contributed by atoms with van der Waals surface area (Å²) < 4.78 is 11.0. The summed E-state index contributed by atoms with van der Waals surface area (Å²) in [5.74, 6) is 0.553. The molecule has 0 saturated heterocycles. The number of nitrogens with zero attached hydrogens (tertiary/aromatic N) is 3. The number of hydrogen-bond acceptors (Lipinski definition) is 6. The summed E-state index contributed by atoms with van der Waals surface area (Å²) in [5, 5.41) is 0. The molecule has 0 saturated carbocycles. The van der Waals surface area contributed by atoms with E-state index in [1.165, 1.54) is 14.2 Å². The van der Waals surface area contributed by atoms with Crippen LogP contribution in [0.2, 0.25) is 0 Å². The summed E-state index contributed by atoms with van der Waals surface area (Å²) in [6, 6.07) is 6.30. The Morgan fingerprint density at radius 1 is 1.11 bits per heavy atom. The van der Waals surface area contributed by atoms with Gasteiger partial charge < -0.3 is 15.2 Å². The second-order valence-electron chi connectivity index (χ2n) is 3.71. The van der Waals surface area contributed by atoms with Crippen molar-refractivity contribution in [2.45, 2.75) is 6.42 Å². The first-order valence-electron chi connectivity index (χ1n) is 5.50. The van der Waals surface area contributed by atoms with Gasteiger partial charge in [0.1, 0.15) is 5.82 Å². The van der Waals surface area contributed by atoms with Crippen LogP contribution in [0.25, 0.3) is 0 Å². The number of halogens is 1. The standard InChI is InChI=1S/C12H13IN4O2/c1-18-11-15-9(16-12(17-11)19-2)6-7-4-3-5-8(13)10(7)14/h3-5H,6,14H2,1-2H3. The Hall–Kier alpha value is -1.64. The lowest BCUT2D eigenvalue weighted by molar-refractivity contribution is 0.337. The number of nitrogen functional groups attached to an aromatic ring is 1. The Labute approximate surface area is 124 Å². The van der Waals surface area contributed by atoms with Gasteiger partial charge in [-0.05, 0) is 34.2 Å². The van der Waals surface area contributed by atoms with E-state index < -0.39 is 0 Å². The van der Waals surface area contributed by atoms with Crippen LogP contribution in [0.1, 0.15) is 11.4 Å². The van der Waals surface area contributed by atoms with Gasteiger partial charge in [0.2, 0.25) is 0 Å². The number of benzene rings is 1. The molecule has 100 valence electrons. The van der Waals surface area contributed by atoms with Gasteiger partial charge >= 0.3 is 12.0 Å². The molecule has 0 amide bonds. The molecule has 0 aliphatic rings. The van der Waals surface area contributed by atoms with Gasteiger partial charge in [-0.2, -0.15) is 9.97 Å². The molecule has 2 N–H and O–H groups in total. The lowest BCUT2D eigenvalue weighted by Gasteiger charge is -2.08. The minimum absolute atomic E-state index is 0.228. The molecule has 0 aliphatic heterocycles. The van der Waals surface area contributed by atoms with Crippen LogP contribution in [0.5, 0.6) is 12.0 Å². The smallest absolute Gasteiger partial charge is 0.322 e. The van der Waals surface area contributed by atoms with Gasteiger partial charge in [0.25, 0.3) is 0 Å². The molecule has 7 heteroatoms. The molecule has 0 bridgehead atoms. The Morgan fingerprint density at radius 2 is 1.74 bits per heavy atom. The number of nitrogens with two attached hydrogens (primary N) is 1. The summed E-state index contributed by atoms with van der Waals surface area (Å²) in [6.07, 6.45) is 0.498. The zero-order chi connectivity index (χ0) is 13.8. The highest BCUT2D eigenvalue weighted by Crippen LogP contribution is 2.22. The Morgan fingerprint density at radius 3 is 2.32 bits per heavy atom. The number of hydrogen-bond donors (Lipinski definition) is 1. The summed E-state index contributed by atoms with van der Waals surface area (Å²) >= 11 is 2.19. The molecule has 2 aromatic rings. The molecule has 0 fully saturated rings. The lowest BCUT2D eigenvalue weighted by Crippen LogP contribution is -2.06. The van der Waals surface area contributed by atoms with Crippen LogP contribution in [0.3, 0.4) is 0 Å². The first-order valence-corrected chi connectivity index (χ1v) is 6.57. The van der Waals surface area contributed by atoms with Crippen LogP contribution in [0.4, 0.5) is 5.69 Å². The molecule has 0 atom stereocenters. The number of methoxy groups -OCH3 is 2. The van der Waals surface area contributed by atoms with Crippen molar-refractivity contribution in [3.05, 3.63) is 33.2 Å². The van der Waals surface area contributed by atoms with Gasteiger partial charge in [-0.3, -0.25) is 0 Å². The van der Waals surface area contributed by atoms with Crippen LogP contribution >= 0.6 is 22.6 Å². The maximum atomic E-state index is 6.03. The summed E-state index contributed by atoms with van der Waals surface area (Å²) in [4.78, 5) is 12.3. The van der Waals surface area contributed by atoms with Crippen LogP contribution < -0.4 is 15.2 Å². The summed E-state index contributed by atoms with van der Waals surface area (Å²) in [5.41, 5.74) is 7.73. The van der Waals surface area contributed by atoms with Gasteiger partial charge in [0, 0.05) is 15.7 Å². The molecule has 0 aliphatic carbocycles. The van der Waals surface area contributed by atoms with E-state index in [0.717, 1.165) is 14.8 Å². The number of rotatable bonds is 4. The molecule has 6 nitrogen and oxygen atoms in total. The van der Waals surface area contributed by atoms with Gasteiger partial charge in [-0.15, -0.1) is 4.98 Å². The van der Waals surface area contributed by atoms with Crippen molar-refractivity contribution in [1.82, 2.24) is 15.0 Å². The first kappa shape index (κ1) is 13.8. The Kier molecular flexibility index (Phi) is 4.35. The van der Waals surface area contributed by atoms with Crippen molar-refractivity contribution in [2.24, 2.45) is 0 Å². The predicted octanol–water partition coefficient (Wildman–Crippen LogP) is 1.67. The van der Waals surface area contributed by atoms with Gasteiger partial charge in [0.15, 0.2) is 0 Å². The molecule has 1 aromatic heterocycles. The molecule has 0 radical (unpaired) electrons. The minimum atomic E-state index is 0.228.